The summed E-state index contributed by atoms with van der Waals surface area (Å²) < 4.78 is 11.3. The highest BCUT2D eigenvalue weighted by Crippen LogP contribution is 2.23. The Morgan fingerprint density at radius 1 is 1.25 bits per heavy atom. The van der Waals surface area contributed by atoms with E-state index in [1.807, 2.05) is 24.3 Å². The van der Waals surface area contributed by atoms with Crippen LogP contribution < -0.4 is 10.5 Å². The summed E-state index contributed by atoms with van der Waals surface area (Å²) in [6.07, 6.45) is 4.87. The first-order valence-corrected chi connectivity index (χ1v) is 7.70. The van der Waals surface area contributed by atoms with E-state index >= 15 is 0 Å². The third kappa shape index (κ3) is 5.51. The van der Waals surface area contributed by atoms with Gasteiger partial charge in [-0.15, -0.1) is 0 Å². The topological polar surface area (TPSA) is 44.5 Å². The van der Waals surface area contributed by atoms with Gasteiger partial charge in [-0.05, 0) is 30.0 Å². The predicted octanol–water partition coefficient (Wildman–Crippen LogP) is 3.93. The van der Waals surface area contributed by atoms with Gasteiger partial charge in [0.25, 0.3) is 0 Å². The Kier molecular flexibility index (Phi) is 8.31. The molecule has 0 saturated carbocycles. The summed E-state index contributed by atoms with van der Waals surface area (Å²) in [5.74, 6) is 1.48. The van der Waals surface area contributed by atoms with Crippen molar-refractivity contribution >= 4 is 0 Å². The lowest BCUT2D eigenvalue weighted by atomic mass is 10.0. The van der Waals surface area contributed by atoms with Crippen molar-refractivity contribution in [2.45, 2.75) is 45.6 Å². The van der Waals surface area contributed by atoms with Crippen molar-refractivity contribution in [3.8, 4) is 5.75 Å². The Bertz CT molecular complexity index is 368. The highest BCUT2D eigenvalue weighted by molar-refractivity contribution is 5.30. The van der Waals surface area contributed by atoms with E-state index < -0.39 is 0 Å². The van der Waals surface area contributed by atoms with Gasteiger partial charge in [0.1, 0.15) is 5.75 Å². The maximum Gasteiger partial charge on any atom is 0.119 e. The van der Waals surface area contributed by atoms with Crippen molar-refractivity contribution in [1.82, 2.24) is 0 Å². The first-order chi connectivity index (χ1) is 9.74. The molecule has 0 saturated heterocycles. The number of ether oxygens (including phenoxy) is 2. The molecule has 0 amide bonds. The third-order valence-corrected chi connectivity index (χ3v) is 3.76. The molecule has 2 N–H and O–H groups in total. The van der Waals surface area contributed by atoms with Crippen LogP contribution in [-0.2, 0) is 4.74 Å². The van der Waals surface area contributed by atoms with Gasteiger partial charge < -0.3 is 15.2 Å². The maximum absolute atomic E-state index is 6.05. The van der Waals surface area contributed by atoms with E-state index in [1.54, 1.807) is 7.11 Å². The first kappa shape index (κ1) is 17.0. The summed E-state index contributed by atoms with van der Waals surface area (Å²) in [4.78, 5) is 0. The summed E-state index contributed by atoms with van der Waals surface area (Å²) in [5.41, 5.74) is 6.95. The molecule has 0 fully saturated rings. The van der Waals surface area contributed by atoms with Crippen molar-refractivity contribution in [2.75, 3.05) is 20.3 Å². The number of hydrogen-bond donors (Lipinski definition) is 1. The minimum atomic E-state index is -0.0409. The number of nitrogens with two attached hydrogens (primary N) is 1. The van der Waals surface area contributed by atoms with Gasteiger partial charge >= 0.3 is 0 Å². The molecule has 0 aliphatic heterocycles. The zero-order valence-corrected chi connectivity index (χ0v) is 13.1. The van der Waals surface area contributed by atoms with E-state index in [0.717, 1.165) is 24.3 Å². The Hall–Kier alpha value is -1.06. The normalized spacial score (nSPS) is 14.0. The van der Waals surface area contributed by atoms with Crippen LogP contribution in [0, 0.1) is 5.92 Å². The van der Waals surface area contributed by atoms with Crippen LogP contribution in [-0.4, -0.2) is 20.3 Å². The van der Waals surface area contributed by atoms with Gasteiger partial charge in [-0.2, -0.15) is 0 Å². The van der Waals surface area contributed by atoms with Crippen molar-refractivity contribution in [2.24, 2.45) is 11.7 Å². The van der Waals surface area contributed by atoms with Crippen LogP contribution in [0.15, 0.2) is 24.3 Å². The summed E-state index contributed by atoms with van der Waals surface area (Å²) >= 11 is 0. The lowest BCUT2D eigenvalue weighted by Gasteiger charge is -2.21. The van der Waals surface area contributed by atoms with Crippen LogP contribution >= 0.6 is 0 Å². The van der Waals surface area contributed by atoms with Gasteiger partial charge in [0.2, 0.25) is 0 Å². The minimum absolute atomic E-state index is 0.0409. The lowest BCUT2D eigenvalue weighted by Crippen LogP contribution is -2.19. The number of benzene rings is 1. The summed E-state index contributed by atoms with van der Waals surface area (Å²) in [6.45, 7) is 5.74. The van der Waals surface area contributed by atoms with Crippen LogP contribution in [0.4, 0.5) is 0 Å². The fourth-order valence-corrected chi connectivity index (χ4v) is 2.29. The highest BCUT2D eigenvalue weighted by atomic mass is 16.5. The molecular weight excluding hydrogens is 250 g/mol. The molecule has 3 nitrogen and oxygen atoms in total. The summed E-state index contributed by atoms with van der Waals surface area (Å²) in [6, 6.07) is 7.97. The summed E-state index contributed by atoms with van der Waals surface area (Å²) in [5, 5.41) is 0. The molecule has 0 radical (unpaired) electrons. The first-order valence-electron chi connectivity index (χ1n) is 7.70. The van der Waals surface area contributed by atoms with E-state index in [-0.39, 0.29) is 6.10 Å². The van der Waals surface area contributed by atoms with E-state index in [0.29, 0.717) is 12.5 Å². The van der Waals surface area contributed by atoms with Gasteiger partial charge in [0.15, 0.2) is 0 Å². The number of unbranched alkanes of at least 4 members (excludes halogenated alkanes) is 1. The Morgan fingerprint density at radius 2 is 2.05 bits per heavy atom. The van der Waals surface area contributed by atoms with Crippen molar-refractivity contribution in [1.29, 1.82) is 0 Å². The Morgan fingerprint density at radius 3 is 2.65 bits per heavy atom. The molecular formula is C17H29NO2. The highest BCUT2D eigenvalue weighted by Gasteiger charge is 2.14. The molecule has 0 aromatic heterocycles. The molecule has 0 aliphatic rings. The molecule has 2 unspecified atom stereocenters. The van der Waals surface area contributed by atoms with Crippen LogP contribution in [0.5, 0.6) is 5.75 Å². The van der Waals surface area contributed by atoms with Crippen molar-refractivity contribution in [3.63, 3.8) is 0 Å². The van der Waals surface area contributed by atoms with E-state index in [4.69, 9.17) is 15.2 Å². The van der Waals surface area contributed by atoms with Crippen LogP contribution in [0.3, 0.4) is 0 Å². The molecule has 0 spiro atoms. The molecule has 20 heavy (non-hydrogen) atoms. The van der Waals surface area contributed by atoms with E-state index in [9.17, 15) is 0 Å². The molecule has 0 bridgehead atoms. The van der Waals surface area contributed by atoms with Gasteiger partial charge in [0, 0.05) is 6.54 Å². The maximum atomic E-state index is 6.05. The number of hydrogen-bond acceptors (Lipinski definition) is 3. The van der Waals surface area contributed by atoms with Gasteiger partial charge in [0.05, 0.1) is 19.8 Å². The van der Waals surface area contributed by atoms with E-state index in [2.05, 4.69) is 13.8 Å². The molecule has 3 heteroatoms. The SMILES string of the molecule is CCCCC(CC)COC(CN)c1cccc(OC)c1. The zero-order valence-electron chi connectivity index (χ0n) is 13.1. The number of rotatable bonds is 10. The standard InChI is InChI=1S/C17H29NO2/c1-4-6-8-14(5-2)13-20-17(12-18)15-9-7-10-16(11-15)19-3/h7,9-11,14,17H,4-6,8,12-13,18H2,1-3H3. The minimum Gasteiger partial charge on any atom is -0.497 e. The fourth-order valence-electron chi connectivity index (χ4n) is 2.29. The summed E-state index contributed by atoms with van der Waals surface area (Å²) in [7, 11) is 1.68. The molecule has 0 aliphatic carbocycles. The molecule has 1 aromatic carbocycles. The Balaban J connectivity index is 2.57. The van der Waals surface area contributed by atoms with Gasteiger partial charge in [-0.25, -0.2) is 0 Å². The lowest BCUT2D eigenvalue weighted by molar-refractivity contribution is 0.0298. The second kappa shape index (κ2) is 9.78. The monoisotopic (exact) mass is 279 g/mol. The third-order valence-electron chi connectivity index (χ3n) is 3.76. The van der Waals surface area contributed by atoms with Crippen LogP contribution in [0.2, 0.25) is 0 Å². The smallest absolute Gasteiger partial charge is 0.119 e. The second-order valence-electron chi connectivity index (χ2n) is 5.25. The van der Waals surface area contributed by atoms with Crippen LogP contribution in [0.25, 0.3) is 0 Å². The molecule has 2 atom stereocenters. The van der Waals surface area contributed by atoms with Crippen LogP contribution in [0.1, 0.15) is 51.2 Å². The fraction of sp³-hybridized carbons (Fsp3) is 0.647. The quantitative estimate of drug-likeness (QED) is 0.706. The Labute approximate surface area is 123 Å². The second-order valence-corrected chi connectivity index (χ2v) is 5.25. The molecule has 114 valence electrons. The largest absolute Gasteiger partial charge is 0.497 e. The molecule has 1 aromatic rings. The predicted molar refractivity (Wildman–Crippen MR) is 84.0 cm³/mol. The average molecular weight is 279 g/mol. The van der Waals surface area contributed by atoms with Crippen molar-refractivity contribution in [3.05, 3.63) is 29.8 Å². The number of methoxy groups -OCH3 is 1. The van der Waals surface area contributed by atoms with E-state index in [1.165, 1.54) is 19.3 Å². The average Bonchev–Trinajstić information content (AvgIpc) is 2.51. The van der Waals surface area contributed by atoms with Gasteiger partial charge in [-0.1, -0.05) is 45.2 Å². The van der Waals surface area contributed by atoms with Crippen molar-refractivity contribution < 1.29 is 9.47 Å². The van der Waals surface area contributed by atoms with Gasteiger partial charge in [-0.3, -0.25) is 0 Å². The zero-order chi connectivity index (χ0) is 14.8. The molecule has 0 heterocycles. The molecule has 1 rings (SSSR count).